The number of benzene rings is 1. The second-order valence-corrected chi connectivity index (χ2v) is 5.90. The summed E-state index contributed by atoms with van der Waals surface area (Å²) < 4.78 is 14.0. The van der Waals surface area contributed by atoms with Crippen molar-refractivity contribution < 1.29 is 9.50 Å². The van der Waals surface area contributed by atoms with Crippen molar-refractivity contribution in [3.8, 4) is 0 Å². The number of hydrogen-bond acceptors (Lipinski definition) is 2. The molecule has 0 radical (unpaired) electrons. The van der Waals surface area contributed by atoms with E-state index in [0.29, 0.717) is 14.2 Å². The van der Waals surface area contributed by atoms with Gasteiger partial charge in [-0.15, -0.1) is 11.3 Å². The third-order valence-corrected chi connectivity index (χ3v) is 3.92. The van der Waals surface area contributed by atoms with Gasteiger partial charge in [0.05, 0.1) is 10.9 Å². The standard InChI is InChI=1S/C13H9Cl2FOS/c14-12-6-9(13(15)18-12)5-10(7-17)8-1-3-11(16)4-2-8/h1-6,17H,7H2. The van der Waals surface area contributed by atoms with E-state index in [1.165, 1.54) is 23.5 Å². The van der Waals surface area contributed by atoms with Crippen molar-refractivity contribution in [3.05, 3.63) is 55.9 Å². The molecule has 0 unspecified atom stereocenters. The van der Waals surface area contributed by atoms with Crippen molar-refractivity contribution >= 4 is 46.2 Å². The summed E-state index contributed by atoms with van der Waals surface area (Å²) in [5, 5.41) is 9.37. The van der Waals surface area contributed by atoms with Crippen LogP contribution in [0.25, 0.3) is 11.6 Å². The zero-order valence-electron chi connectivity index (χ0n) is 9.16. The summed E-state index contributed by atoms with van der Waals surface area (Å²) in [6, 6.07) is 7.65. The van der Waals surface area contributed by atoms with Gasteiger partial charge in [-0.25, -0.2) is 4.39 Å². The van der Waals surface area contributed by atoms with Gasteiger partial charge in [-0.2, -0.15) is 0 Å². The van der Waals surface area contributed by atoms with E-state index in [9.17, 15) is 9.50 Å². The summed E-state index contributed by atoms with van der Waals surface area (Å²) in [4.78, 5) is 0. The first-order valence-corrected chi connectivity index (χ1v) is 6.69. The number of aliphatic hydroxyl groups is 1. The van der Waals surface area contributed by atoms with Gasteiger partial charge in [0.1, 0.15) is 10.2 Å². The molecule has 0 aliphatic heterocycles. The monoisotopic (exact) mass is 302 g/mol. The molecular weight excluding hydrogens is 294 g/mol. The molecule has 1 N–H and O–H groups in total. The zero-order valence-corrected chi connectivity index (χ0v) is 11.5. The van der Waals surface area contributed by atoms with Crippen LogP contribution >= 0.6 is 34.5 Å². The van der Waals surface area contributed by atoms with E-state index in [0.717, 1.165) is 11.1 Å². The van der Waals surface area contributed by atoms with Gasteiger partial charge in [0.2, 0.25) is 0 Å². The fourth-order valence-electron chi connectivity index (χ4n) is 1.52. The normalized spacial score (nSPS) is 11.9. The van der Waals surface area contributed by atoms with Gasteiger partial charge in [0, 0.05) is 5.56 Å². The Hall–Kier alpha value is -0.870. The molecule has 0 spiro atoms. The molecule has 0 bridgehead atoms. The van der Waals surface area contributed by atoms with Crippen LogP contribution in [0.3, 0.4) is 0 Å². The lowest BCUT2D eigenvalue weighted by molar-refractivity contribution is 0.350. The molecule has 1 aromatic carbocycles. The van der Waals surface area contributed by atoms with Crippen LogP contribution < -0.4 is 0 Å². The first-order valence-electron chi connectivity index (χ1n) is 5.12. The summed E-state index contributed by atoms with van der Waals surface area (Å²) in [7, 11) is 0. The van der Waals surface area contributed by atoms with Gasteiger partial charge in [-0.1, -0.05) is 35.3 Å². The van der Waals surface area contributed by atoms with E-state index in [4.69, 9.17) is 23.2 Å². The number of hydrogen-bond donors (Lipinski definition) is 1. The number of halogens is 3. The Morgan fingerprint density at radius 3 is 2.44 bits per heavy atom. The van der Waals surface area contributed by atoms with Crippen molar-refractivity contribution in [2.45, 2.75) is 0 Å². The van der Waals surface area contributed by atoms with Crippen LogP contribution in [0.1, 0.15) is 11.1 Å². The predicted molar refractivity (Wildman–Crippen MR) is 75.7 cm³/mol. The van der Waals surface area contributed by atoms with Crippen LogP contribution in [-0.4, -0.2) is 11.7 Å². The fraction of sp³-hybridized carbons (Fsp3) is 0.0769. The van der Waals surface area contributed by atoms with E-state index in [-0.39, 0.29) is 12.4 Å². The van der Waals surface area contributed by atoms with Crippen molar-refractivity contribution in [1.29, 1.82) is 0 Å². The smallest absolute Gasteiger partial charge is 0.123 e. The summed E-state index contributed by atoms with van der Waals surface area (Å²) >= 11 is 13.1. The highest BCUT2D eigenvalue weighted by atomic mass is 35.5. The lowest BCUT2D eigenvalue weighted by atomic mass is 10.0. The Morgan fingerprint density at radius 1 is 1.28 bits per heavy atom. The molecule has 1 nitrogen and oxygen atoms in total. The quantitative estimate of drug-likeness (QED) is 0.869. The molecule has 0 saturated carbocycles. The molecule has 1 heterocycles. The molecule has 0 amide bonds. The molecule has 0 saturated heterocycles. The van der Waals surface area contributed by atoms with E-state index in [1.54, 1.807) is 24.3 Å². The minimum Gasteiger partial charge on any atom is -0.392 e. The van der Waals surface area contributed by atoms with Gasteiger partial charge < -0.3 is 5.11 Å². The Labute approximate surface area is 118 Å². The molecular formula is C13H9Cl2FOS. The second kappa shape index (κ2) is 5.85. The molecule has 0 fully saturated rings. The molecule has 1 aromatic heterocycles. The van der Waals surface area contributed by atoms with Crippen molar-refractivity contribution in [1.82, 2.24) is 0 Å². The fourth-order valence-corrected chi connectivity index (χ4v) is 2.94. The van der Waals surface area contributed by atoms with Crippen LogP contribution in [0.5, 0.6) is 0 Å². The summed E-state index contributed by atoms with van der Waals surface area (Å²) in [5.74, 6) is -0.312. The molecule has 94 valence electrons. The molecule has 0 atom stereocenters. The maximum absolute atomic E-state index is 12.8. The maximum Gasteiger partial charge on any atom is 0.123 e. The summed E-state index contributed by atoms with van der Waals surface area (Å²) in [6.45, 7) is -0.157. The molecule has 5 heteroatoms. The van der Waals surface area contributed by atoms with Crippen LogP contribution in [0, 0.1) is 5.82 Å². The average molecular weight is 303 g/mol. The zero-order chi connectivity index (χ0) is 13.1. The summed E-state index contributed by atoms with van der Waals surface area (Å²) in [6.07, 6.45) is 1.75. The maximum atomic E-state index is 12.8. The van der Waals surface area contributed by atoms with Crippen LogP contribution in [0.2, 0.25) is 8.67 Å². The highest BCUT2D eigenvalue weighted by Crippen LogP contribution is 2.33. The topological polar surface area (TPSA) is 20.2 Å². The molecule has 0 aliphatic carbocycles. The van der Waals surface area contributed by atoms with Crippen molar-refractivity contribution in [2.24, 2.45) is 0 Å². The first kappa shape index (κ1) is 13.6. The minimum absolute atomic E-state index is 0.157. The molecule has 2 rings (SSSR count). The van der Waals surface area contributed by atoms with E-state index in [2.05, 4.69) is 0 Å². The Bertz CT molecular complexity index is 575. The van der Waals surface area contributed by atoms with Crippen LogP contribution in [0.15, 0.2) is 30.3 Å². The van der Waals surface area contributed by atoms with Gasteiger partial charge >= 0.3 is 0 Å². The van der Waals surface area contributed by atoms with E-state index in [1.807, 2.05) is 0 Å². The lowest BCUT2D eigenvalue weighted by Crippen LogP contribution is -1.90. The highest BCUT2D eigenvalue weighted by Gasteiger charge is 2.06. The number of rotatable bonds is 3. The van der Waals surface area contributed by atoms with Gasteiger partial charge in [0.25, 0.3) is 0 Å². The highest BCUT2D eigenvalue weighted by molar-refractivity contribution is 7.20. The van der Waals surface area contributed by atoms with Gasteiger partial charge in [-0.05, 0) is 35.4 Å². The lowest BCUT2D eigenvalue weighted by Gasteiger charge is -2.04. The first-order chi connectivity index (χ1) is 8.60. The van der Waals surface area contributed by atoms with E-state index < -0.39 is 0 Å². The number of aliphatic hydroxyl groups excluding tert-OH is 1. The molecule has 18 heavy (non-hydrogen) atoms. The number of thiophene rings is 1. The van der Waals surface area contributed by atoms with E-state index >= 15 is 0 Å². The molecule has 0 aliphatic rings. The van der Waals surface area contributed by atoms with Gasteiger partial charge in [-0.3, -0.25) is 0 Å². The predicted octanol–water partition coefficient (Wildman–Crippen LogP) is 4.73. The van der Waals surface area contributed by atoms with Crippen molar-refractivity contribution in [2.75, 3.05) is 6.61 Å². The third kappa shape index (κ3) is 3.12. The Morgan fingerprint density at radius 2 is 1.94 bits per heavy atom. The second-order valence-electron chi connectivity index (χ2n) is 3.61. The van der Waals surface area contributed by atoms with Crippen LogP contribution in [-0.2, 0) is 0 Å². The largest absolute Gasteiger partial charge is 0.392 e. The third-order valence-electron chi connectivity index (χ3n) is 2.40. The summed E-state index contributed by atoms with van der Waals surface area (Å²) in [5.41, 5.74) is 2.16. The Balaban J connectivity index is 2.39. The van der Waals surface area contributed by atoms with Crippen molar-refractivity contribution in [3.63, 3.8) is 0 Å². The molecule has 2 aromatic rings. The Kier molecular flexibility index (Phi) is 4.40. The SMILES string of the molecule is OCC(=Cc1cc(Cl)sc1Cl)c1ccc(F)cc1. The van der Waals surface area contributed by atoms with Gasteiger partial charge in [0.15, 0.2) is 0 Å². The van der Waals surface area contributed by atoms with Crippen LogP contribution in [0.4, 0.5) is 4.39 Å². The minimum atomic E-state index is -0.312. The average Bonchev–Trinajstić information content (AvgIpc) is 2.66.